The average Bonchev–Trinajstić information content (AvgIpc) is 3.02. The van der Waals surface area contributed by atoms with E-state index in [1.165, 1.54) is 0 Å². The van der Waals surface area contributed by atoms with E-state index >= 15 is 0 Å². The van der Waals surface area contributed by atoms with Crippen LogP contribution >= 0.6 is 71.7 Å². The number of carbonyl (C=O) groups is 8. The fraction of sp³-hybridized carbons (Fsp3) is 0.500. The van der Waals surface area contributed by atoms with Crippen LogP contribution in [0.5, 0.6) is 0 Å². The van der Waals surface area contributed by atoms with Gasteiger partial charge in [0.15, 0.2) is 12.1 Å². The monoisotopic (exact) mass is 800 g/mol. The molecule has 12 N–H and O–H groups in total. The van der Waals surface area contributed by atoms with Crippen molar-refractivity contribution in [2.75, 3.05) is 11.5 Å². The molecular weight excluding hydrogens is 770 g/mol. The van der Waals surface area contributed by atoms with E-state index < -0.39 is 117 Å². The van der Waals surface area contributed by atoms with Gasteiger partial charge in [-0.1, -0.05) is 46.4 Å². The molecule has 270 valence electrons. The van der Waals surface area contributed by atoms with Gasteiger partial charge in [-0.3, -0.25) is 28.8 Å². The van der Waals surface area contributed by atoms with Gasteiger partial charge in [-0.25, -0.2) is 9.59 Å². The third-order valence-corrected chi connectivity index (χ3v) is 8.47. The molecule has 48 heavy (non-hydrogen) atoms. The third kappa shape index (κ3) is 15.1. The van der Waals surface area contributed by atoms with E-state index in [-0.39, 0.29) is 24.3 Å². The lowest BCUT2D eigenvalue weighted by Crippen LogP contribution is -2.53. The predicted molar refractivity (Wildman–Crippen MR) is 178 cm³/mol. The van der Waals surface area contributed by atoms with Crippen molar-refractivity contribution in [3.05, 3.63) is 20.1 Å². The molecule has 0 radical (unpaired) electrons. The van der Waals surface area contributed by atoms with Gasteiger partial charge in [-0.2, -0.15) is 25.3 Å². The lowest BCUT2D eigenvalue weighted by atomic mass is 10.1. The zero-order chi connectivity index (χ0) is 37.5. The second-order valence-electron chi connectivity index (χ2n) is 9.46. The van der Waals surface area contributed by atoms with Crippen LogP contribution in [-0.2, 0) is 38.4 Å². The van der Waals surface area contributed by atoms with E-state index in [1.807, 2.05) is 10.6 Å². The number of allylic oxidation sites excluding steroid dienone is 2. The van der Waals surface area contributed by atoms with Crippen molar-refractivity contribution in [2.24, 2.45) is 11.5 Å². The standard InChI is InChI=1S/C24H32Cl4N6O12S2/c25-13(15(27)17(23(43)44)33-19(37)9(5-47)31-11(35)3-1-7(29)21(39)40)14(26)16(28)18(24(45)46)34-20(38)10(6-48)32-12(36)4-2-8(30)22(41)42/h7-10,17-18,47-48H,1-6,29-30H2,(H,31,35)(H,32,36)(H,33,37)(H,34,38)(H,39,40)(H,41,42)(H,43,44)(H,45,46)/b15-13+,16-14+/t7-,8-,9-,10-,17?,18?/m0/s1. The molecule has 2 unspecified atom stereocenters. The summed E-state index contributed by atoms with van der Waals surface area (Å²) in [4.78, 5) is 95.3. The van der Waals surface area contributed by atoms with E-state index in [0.717, 1.165) is 0 Å². The van der Waals surface area contributed by atoms with Crippen LogP contribution in [0.25, 0.3) is 0 Å². The van der Waals surface area contributed by atoms with Gasteiger partial charge < -0.3 is 53.2 Å². The predicted octanol–water partition coefficient (Wildman–Crippen LogP) is -1.28. The molecular formula is C24H32Cl4N6O12S2. The Morgan fingerprint density at radius 2 is 0.833 bits per heavy atom. The number of aliphatic carboxylic acids is 4. The quantitative estimate of drug-likeness (QED) is 0.0475. The van der Waals surface area contributed by atoms with Crippen LogP contribution in [0.3, 0.4) is 0 Å². The number of hydrogen-bond donors (Lipinski definition) is 12. The van der Waals surface area contributed by atoms with Gasteiger partial charge in [0.1, 0.15) is 24.2 Å². The van der Waals surface area contributed by atoms with Gasteiger partial charge in [-0.15, -0.1) is 0 Å². The minimum Gasteiger partial charge on any atom is -0.480 e. The lowest BCUT2D eigenvalue weighted by molar-refractivity contribution is -0.141. The van der Waals surface area contributed by atoms with Crippen LogP contribution in [-0.4, -0.2) is 116 Å². The molecule has 0 aromatic rings. The molecule has 0 rings (SSSR count). The summed E-state index contributed by atoms with van der Waals surface area (Å²) in [5.41, 5.74) is 10.7. The van der Waals surface area contributed by atoms with E-state index in [4.69, 9.17) is 68.1 Å². The zero-order valence-electron chi connectivity index (χ0n) is 24.3. The van der Waals surface area contributed by atoms with E-state index in [0.29, 0.717) is 0 Å². The topological polar surface area (TPSA) is 318 Å². The molecule has 4 amide bonds. The smallest absolute Gasteiger partial charge is 0.331 e. The van der Waals surface area contributed by atoms with Crippen LogP contribution in [0.4, 0.5) is 0 Å². The summed E-state index contributed by atoms with van der Waals surface area (Å²) in [6, 6.07) is -9.93. The molecule has 0 aromatic heterocycles. The van der Waals surface area contributed by atoms with Crippen molar-refractivity contribution in [3.63, 3.8) is 0 Å². The number of nitrogens with one attached hydrogen (secondary N) is 4. The summed E-state index contributed by atoms with van der Waals surface area (Å²) in [6.07, 6.45) is -1.35. The Morgan fingerprint density at radius 1 is 0.542 bits per heavy atom. The normalized spacial score (nSPS) is 15.9. The van der Waals surface area contributed by atoms with Crippen molar-refractivity contribution in [1.82, 2.24) is 21.3 Å². The molecule has 0 saturated heterocycles. The van der Waals surface area contributed by atoms with Gasteiger partial charge in [0.05, 0.1) is 20.1 Å². The molecule has 0 aliphatic rings. The van der Waals surface area contributed by atoms with Crippen molar-refractivity contribution in [2.45, 2.75) is 61.9 Å². The van der Waals surface area contributed by atoms with Gasteiger partial charge in [0.2, 0.25) is 23.6 Å². The van der Waals surface area contributed by atoms with Crippen LogP contribution in [0.1, 0.15) is 25.7 Å². The van der Waals surface area contributed by atoms with E-state index in [2.05, 4.69) is 35.9 Å². The highest BCUT2D eigenvalue weighted by Crippen LogP contribution is 2.33. The first-order chi connectivity index (χ1) is 22.2. The Morgan fingerprint density at radius 3 is 1.06 bits per heavy atom. The molecule has 6 atom stereocenters. The molecule has 0 fully saturated rings. The molecule has 0 aliphatic heterocycles. The molecule has 0 saturated carbocycles. The Bertz CT molecular complexity index is 1240. The maximum Gasteiger partial charge on any atom is 0.331 e. The SMILES string of the molecule is N[C@@H](CCC(=O)N[C@@H](CS)C(=O)NC(C(=O)O)/C(Cl)=C(Cl)/C(Cl)=C(\Cl)C(NC(=O)[C@H](CS)NC(=O)CC[C@H](N)C(=O)O)C(=O)O)C(=O)O. The average molecular weight is 802 g/mol. The first-order valence-electron chi connectivity index (χ1n) is 13.1. The molecule has 0 heterocycles. The summed E-state index contributed by atoms with van der Waals surface area (Å²) >= 11 is 32.3. The lowest BCUT2D eigenvalue weighted by Gasteiger charge is -2.22. The highest BCUT2D eigenvalue weighted by molar-refractivity contribution is 7.80. The minimum absolute atomic E-state index is 0.277. The second-order valence-corrected chi connectivity index (χ2v) is 11.8. The zero-order valence-corrected chi connectivity index (χ0v) is 29.1. The van der Waals surface area contributed by atoms with Gasteiger partial charge in [0.25, 0.3) is 0 Å². The number of nitrogens with two attached hydrogens (primary N) is 2. The number of carboxylic acid groups (broad SMARTS) is 4. The fourth-order valence-corrected chi connectivity index (χ4v) is 4.67. The summed E-state index contributed by atoms with van der Waals surface area (Å²) in [5.74, 6) is -10.9. The number of hydrogen-bond acceptors (Lipinski definition) is 12. The molecule has 0 aromatic carbocycles. The Hall–Kier alpha value is -2.98. The molecule has 0 spiro atoms. The highest BCUT2D eigenvalue weighted by Gasteiger charge is 2.34. The van der Waals surface area contributed by atoms with Crippen LogP contribution in [0, 0.1) is 0 Å². The second kappa shape index (κ2) is 21.9. The van der Waals surface area contributed by atoms with Gasteiger partial charge in [0, 0.05) is 24.3 Å². The van der Waals surface area contributed by atoms with Gasteiger partial charge in [-0.05, 0) is 12.8 Å². The largest absolute Gasteiger partial charge is 0.480 e. The summed E-state index contributed by atoms with van der Waals surface area (Å²) < 4.78 is 0. The summed E-state index contributed by atoms with van der Waals surface area (Å²) in [6.45, 7) is 0. The number of carbonyl (C=O) groups excluding carboxylic acids is 4. The van der Waals surface area contributed by atoms with Crippen molar-refractivity contribution in [3.8, 4) is 0 Å². The van der Waals surface area contributed by atoms with Crippen LogP contribution in [0.15, 0.2) is 20.1 Å². The van der Waals surface area contributed by atoms with E-state index in [9.17, 15) is 48.6 Å². The van der Waals surface area contributed by atoms with Gasteiger partial charge >= 0.3 is 23.9 Å². The minimum atomic E-state index is -2.15. The molecule has 0 bridgehead atoms. The van der Waals surface area contributed by atoms with E-state index in [1.54, 1.807) is 0 Å². The fourth-order valence-electron chi connectivity index (χ4n) is 3.16. The van der Waals surface area contributed by atoms with Crippen LogP contribution < -0.4 is 32.7 Å². The number of carboxylic acids is 4. The molecule has 18 nitrogen and oxygen atoms in total. The number of halogens is 4. The summed E-state index contributed by atoms with van der Waals surface area (Å²) in [5, 5.41) is 41.8. The Balaban J connectivity index is 5.98. The Labute approximate surface area is 303 Å². The Kier molecular flexibility index (Phi) is 20.5. The van der Waals surface area contributed by atoms with Crippen LogP contribution in [0.2, 0.25) is 0 Å². The maximum absolute atomic E-state index is 12.7. The first kappa shape index (κ1) is 45.0. The highest BCUT2D eigenvalue weighted by atomic mass is 35.5. The first-order valence-corrected chi connectivity index (χ1v) is 15.9. The third-order valence-electron chi connectivity index (χ3n) is 5.85. The summed E-state index contributed by atoms with van der Waals surface area (Å²) in [7, 11) is 0. The van der Waals surface area contributed by atoms with Crippen molar-refractivity contribution < 1.29 is 58.8 Å². The maximum atomic E-state index is 12.7. The molecule has 0 aliphatic carbocycles. The molecule has 24 heteroatoms. The number of rotatable bonds is 21. The number of thiol groups is 2. The number of amides is 4. The van der Waals surface area contributed by atoms with Crippen molar-refractivity contribution >= 4 is 119 Å². The van der Waals surface area contributed by atoms with Crippen molar-refractivity contribution in [1.29, 1.82) is 0 Å².